The number of hydrogen-bond acceptors (Lipinski definition) is 5. The minimum atomic E-state index is -2.88. The first-order valence-corrected chi connectivity index (χ1v) is 8.99. The molecule has 1 aliphatic carbocycles. The summed E-state index contributed by atoms with van der Waals surface area (Å²) in [4.78, 5) is 26.8. The first-order chi connectivity index (χ1) is 12.8. The normalized spacial score (nSPS) is 23.7. The van der Waals surface area contributed by atoms with Crippen molar-refractivity contribution >= 4 is 11.8 Å². The number of carbonyl (C=O) groups is 1. The van der Waals surface area contributed by atoms with Gasteiger partial charge in [0.15, 0.2) is 5.82 Å². The predicted octanol–water partition coefficient (Wildman–Crippen LogP) is 2.69. The van der Waals surface area contributed by atoms with Crippen molar-refractivity contribution in [3.63, 3.8) is 0 Å². The monoisotopic (exact) mass is 377 g/mol. The summed E-state index contributed by atoms with van der Waals surface area (Å²) < 4.78 is 28.8. The molecule has 144 valence electrons. The molecule has 1 N–H and O–H groups in total. The Kier molecular flexibility index (Phi) is 4.12. The number of carboxylic acid groups (broad SMARTS) is 1. The molecule has 1 unspecified atom stereocenters. The van der Waals surface area contributed by atoms with Gasteiger partial charge in [-0.1, -0.05) is 0 Å². The lowest BCUT2D eigenvalue weighted by Crippen LogP contribution is -2.58. The highest BCUT2D eigenvalue weighted by atomic mass is 19.3. The molecule has 1 saturated carbocycles. The average Bonchev–Trinajstić information content (AvgIpc) is 3.05. The van der Waals surface area contributed by atoms with E-state index in [0.717, 1.165) is 12.2 Å². The molecule has 0 amide bonds. The zero-order chi connectivity index (χ0) is 19.2. The number of halogens is 2. The molecule has 1 saturated heterocycles. The summed E-state index contributed by atoms with van der Waals surface area (Å²) in [7, 11) is 0. The van der Waals surface area contributed by atoms with Crippen LogP contribution in [0.2, 0.25) is 0 Å². The van der Waals surface area contributed by atoms with Crippen LogP contribution < -0.4 is 4.90 Å². The van der Waals surface area contributed by atoms with E-state index >= 15 is 0 Å². The van der Waals surface area contributed by atoms with Crippen LogP contribution in [0.15, 0.2) is 24.8 Å². The van der Waals surface area contributed by atoms with Gasteiger partial charge in [0.1, 0.15) is 11.6 Å². The minimum absolute atomic E-state index is 0.330. The summed E-state index contributed by atoms with van der Waals surface area (Å²) in [5.74, 6) is -2.30. The summed E-state index contributed by atoms with van der Waals surface area (Å²) in [5.41, 5.74) is -1.34. The molecule has 4 rings (SSSR count). The smallest absolute Gasteiger partial charge is 0.310 e. The molecule has 0 aromatic carbocycles. The van der Waals surface area contributed by atoms with Gasteiger partial charge < -0.3 is 10.0 Å². The number of hydrogen-bond donors (Lipinski definition) is 1. The number of nitrogens with zero attached hydrogens (tertiary/aromatic N) is 5. The largest absolute Gasteiger partial charge is 0.481 e. The van der Waals surface area contributed by atoms with Crippen LogP contribution in [0.3, 0.4) is 0 Å². The SMILES string of the molecule is Cc1nccn1-c1cncc(N2CCCC(C3(C(=O)O)CC(F)(F)C3)C2)n1. The molecule has 3 heterocycles. The zero-order valence-corrected chi connectivity index (χ0v) is 15.0. The zero-order valence-electron chi connectivity index (χ0n) is 15.0. The second-order valence-electron chi connectivity index (χ2n) is 7.54. The summed E-state index contributed by atoms with van der Waals surface area (Å²) in [6.07, 6.45) is 6.94. The van der Waals surface area contributed by atoms with Crippen LogP contribution in [0.5, 0.6) is 0 Å². The molecule has 2 fully saturated rings. The molecule has 0 bridgehead atoms. The van der Waals surface area contributed by atoms with Crippen LogP contribution in [0.4, 0.5) is 14.6 Å². The number of anilines is 1. The van der Waals surface area contributed by atoms with Gasteiger partial charge >= 0.3 is 5.97 Å². The van der Waals surface area contributed by atoms with Crippen molar-refractivity contribution in [1.29, 1.82) is 0 Å². The highest BCUT2D eigenvalue weighted by molar-refractivity contribution is 5.77. The minimum Gasteiger partial charge on any atom is -0.481 e. The molecule has 0 spiro atoms. The Labute approximate surface area is 155 Å². The summed E-state index contributed by atoms with van der Waals surface area (Å²) in [5, 5.41) is 9.63. The molecule has 2 aromatic heterocycles. The predicted molar refractivity (Wildman–Crippen MR) is 93.1 cm³/mol. The lowest BCUT2D eigenvalue weighted by atomic mass is 9.57. The number of piperidine rings is 1. The number of alkyl halides is 2. The van der Waals surface area contributed by atoms with Crippen LogP contribution in [-0.2, 0) is 4.79 Å². The maximum Gasteiger partial charge on any atom is 0.310 e. The lowest BCUT2D eigenvalue weighted by Gasteiger charge is -2.51. The van der Waals surface area contributed by atoms with E-state index in [1.807, 2.05) is 16.4 Å². The average molecular weight is 377 g/mol. The van der Waals surface area contributed by atoms with Crippen LogP contribution in [-0.4, -0.2) is 49.6 Å². The Balaban J connectivity index is 1.57. The number of aliphatic carboxylic acids is 1. The van der Waals surface area contributed by atoms with E-state index < -0.39 is 30.1 Å². The van der Waals surface area contributed by atoms with Gasteiger partial charge in [-0.2, -0.15) is 0 Å². The van der Waals surface area contributed by atoms with Gasteiger partial charge in [0, 0.05) is 38.3 Å². The van der Waals surface area contributed by atoms with Crippen molar-refractivity contribution in [2.75, 3.05) is 18.0 Å². The van der Waals surface area contributed by atoms with Gasteiger partial charge in [0.2, 0.25) is 5.92 Å². The van der Waals surface area contributed by atoms with Crippen molar-refractivity contribution in [2.45, 2.75) is 38.5 Å². The highest BCUT2D eigenvalue weighted by Gasteiger charge is 2.64. The second-order valence-corrected chi connectivity index (χ2v) is 7.54. The first-order valence-electron chi connectivity index (χ1n) is 8.99. The number of carboxylic acids is 1. The summed E-state index contributed by atoms with van der Waals surface area (Å²) >= 11 is 0. The Morgan fingerprint density at radius 3 is 2.67 bits per heavy atom. The third-order valence-corrected chi connectivity index (χ3v) is 5.78. The van der Waals surface area contributed by atoms with E-state index in [4.69, 9.17) is 0 Å². The molecule has 2 aliphatic rings. The van der Waals surface area contributed by atoms with Crippen molar-refractivity contribution in [2.24, 2.45) is 11.3 Å². The van der Waals surface area contributed by atoms with E-state index in [1.54, 1.807) is 24.8 Å². The van der Waals surface area contributed by atoms with Crippen molar-refractivity contribution in [3.8, 4) is 5.82 Å². The Morgan fingerprint density at radius 1 is 1.30 bits per heavy atom. The van der Waals surface area contributed by atoms with Crippen LogP contribution in [0, 0.1) is 18.3 Å². The Morgan fingerprint density at radius 2 is 2.04 bits per heavy atom. The molecule has 1 aliphatic heterocycles. The van der Waals surface area contributed by atoms with Crippen LogP contribution in [0.25, 0.3) is 5.82 Å². The van der Waals surface area contributed by atoms with E-state index in [-0.39, 0.29) is 5.92 Å². The molecular formula is C18H21F2N5O2. The maximum atomic E-state index is 13.5. The molecule has 2 aromatic rings. The standard InChI is InChI=1S/C18H21F2N5O2/c1-12-22-4-6-25(12)15-8-21-7-14(23-15)24-5-2-3-13(9-24)17(16(26)27)10-18(19,20)11-17/h4,6-8,13H,2-3,5,9-11H2,1H3,(H,26,27). The number of aromatic nitrogens is 4. The fourth-order valence-electron chi connectivity index (χ4n) is 4.36. The van der Waals surface area contributed by atoms with E-state index in [0.29, 0.717) is 31.1 Å². The lowest BCUT2D eigenvalue weighted by molar-refractivity contribution is -0.207. The van der Waals surface area contributed by atoms with Gasteiger partial charge in [-0.25, -0.2) is 18.7 Å². The molecule has 9 heteroatoms. The fourth-order valence-corrected chi connectivity index (χ4v) is 4.36. The van der Waals surface area contributed by atoms with Crippen LogP contribution in [0.1, 0.15) is 31.5 Å². The number of aryl methyl sites for hydroxylation is 1. The van der Waals surface area contributed by atoms with Gasteiger partial charge in [-0.05, 0) is 25.7 Å². The molecule has 7 nitrogen and oxygen atoms in total. The molecule has 0 radical (unpaired) electrons. The van der Waals surface area contributed by atoms with Crippen molar-refractivity contribution < 1.29 is 18.7 Å². The highest BCUT2D eigenvalue weighted by Crippen LogP contribution is 2.58. The molecule has 1 atom stereocenters. The fraction of sp³-hybridized carbons (Fsp3) is 0.556. The Hall–Kier alpha value is -2.58. The van der Waals surface area contributed by atoms with Crippen molar-refractivity contribution in [3.05, 3.63) is 30.6 Å². The van der Waals surface area contributed by atoms with E-state index in [1.165, 1.54) is 0 Å². The maximum absolute atomic E-state index is 13.5. The second kappa shape index (κ2) is 6.24. The number of rotatable bonds is 4. The van der Waals surface area contributed by atoms with Gasteiger partial charge in [-0.15, -0.1) is 0 Å². The Bertz CT molecular complexity index is 861. The van der Waals surface area contributed by atoms with Crippen molar-refractivity contribution in [1.82, 2.24) is 19.5 Å². The summed E-state index contributed by atoms with van der Waals surface area (Å²) in [6.45, 7) is 2.95. The third kappa shape index (κ3) is 3.04. The summed E-state index contributed by atoms with van der Waals surface area (Å²) in [6, 6.07) is 0. The molecular weight excluding hydrogens is 356 g/mol. The first kappa shape index (κ1) is 17.8. The van der Waals surface area contributed by atoms with Gasteiger partial charge in [0.05, 0.1) is 17.8 Å². The van der Waals surface area contributed by atoms with Gasteiger partial charge in [0.25, 0.3) is 0 Å². The van der Waals surface area contributed by atoms with Gasteiger partial charge in [-0.3, -0.25) is 14.3 Å². The third-order valence-electron chi connectivity index (χ3n) is 5.78. The molecule has 27 heavy (non-hydrogen) atoms. The number of imidazole rings is 1. The van der Waals surface area contributed by atoms with E-state index in [9.17, 15) is 18.7 Å². The quantitative estimate of drug-likeness (QED) is 0.882. The van der Waals surface area contributed by atoms with Crippen LogP contribution >= 0.6 is 0 Å². The topological polar surface area (TPSA) is 84.1 Å². The van der Waals surface area contributed by atoms with E-state index in [2.05, 4.69) is 15.0 Å².